The van der Waals surface area contributed by atoms with Crippen molar-refractivity contribution < 1.29 is 29.0 Å². The molecule has 1 spiro atoms. The van der Waals surface area contributed by atoms with Crippen LogP contribution in [0.25, 0.3) is 0 Å². The van der Waals surface area contributed by atoms with Crippen LogP contribution >= 0.6 is 0 Å². The summed E-state index contributed by atoms with van der Waals surface area (Å²) in [5.74, 6) is -1.48. The van der Waals surface area contributed by atoms with Gasteiger partial charge in [0.05, 0.1) is 36.7 Å². The van der Waals surface area contributed by atoms with Gasteiger partial charge in [-0.05, 0) is 76.1 Å². The van der Waals surface area contributed by atoms with Crippen molar-refractivity contribution in [2.24, 2.45) is 17.8 Å². The number of ether oxygens (including phenoxy) is 2. The van der Waals surface area contributed by atoms with Crippen LogP contribution in [0.15, 0.2) is 49.6 Å². The van der Waals surface area contributed by atoms with E-state index in [9.17, 15) is 19.5 Å². The van der Waals surface area contributed by atoms with E-state index in [1.54, 1.807) is 26.9 Å². The largest absolute Gasteiger partial charge is 0.494 e. The summed E-state index contributed by atoms with van der Waals surface area (Å²) in [6.45, 7) is 20.8. The Morgan fingerprint density at radius 3 is 2.30 bits per heavy atom. The summed E-state index contributed by atoms with van der Waals surface area (Å²) in [7, 11) is 0. The van der Waals surface area contributed by atoms with Crippen LogP contribution in [0.3, 0.4) is 0 Å². The van der Waals surface area contributed by atoms with Gasteiger partial charge in [0.2, 0.25) is 17.7 Å². The molecular weight excluding hydrogens is 582 g/mol. The monoisotopic (exact) mass is 637 g/mol. The average Bonchev–Trinajstić information content (AvgIpc) is 3.65. The Bertz CT molecular complexity index is 1270. The summed E-state index contributed by atoms with van der Waals surface area (Å²) in [4.78, 5) is 49.7. The first-order valence-corrected chi connectivity index (χ1v) is 17.2. The van der Waals surface area contributed by atoms with E-state index >= 15 is 0 Å². The Balaban J connectivity index is 1.85. The molecule has 1 N–H and O–H groups in total. The van der Waals surface area contributed by atoms with Crippen LogP contribution in [0.5, 0.6) is 5.75 Å². The molecule has 1 aromatic rings. The van der Waals surface area contributed by atoms with Gasteiger partial charge in [-0.25, -0.2) is 0 Å². The molecule has 3 amide bonds. The molecule has 3 aliphatic heterocycles. The van der Waals surface area contributed by atoms with Gasteiger partial charge in [-0.15, -0.1) is 13.2 Å². The highest BCUT2D eigenvalue weighted by atomic mass is 16.5. The lowest BCUT2D eigenvalue weighted by atomic mass is 9.64. The summed E-state index contributed by atoms with van der Waals surface area (Å²) in [6.07, 6.45) is 7.19. The van der Waals surface area contributed by atoms with Crippen LogP contribution in [0, 0.1) is 17.8 Å². The fourth-order valence-corrected chi connectivity index (χ4v) is 8.39. The van der Waals surface area contributed by atoms with Gasteiger partial charge >= 0.3 is 0 Å². The van der Waals surface area contributed by atoms with Gasteiger partial charge in [0.1, 0.15) is 17.4 Å². The van der Waals surface area contributed by atoms with E-state index < -0.39 is 35.1 Å². The zero-order valence-electron chi connectivity index (χ0n) is 28.7. The van der Waals surface area contributed by atoms with Gasteiger partial charge in [-0.2, -0.15) is 0 Å². The zero-order chi connectivity index (χ0) is 33.8. The number of rotatable bonds is 17. The van der Waals surface area contributed by atoms with Gasteiger partial charge in [-0.1, -0.05) is 46.3 Å². The van der Waals surface area contributed by atoms with E-state index in [1.807, 2.05) is 58.9 Å². The van der Waals surface area contributed by atoms with E-state index in [0.717, 1.165) is 12.8 Å². The van der Waals surface area contributed by atoms with Gasteiger partial charge < -0.3 is 29.3 Å². The molecule has 3 fully saturated rings. The van der Waals surface area contributed by atoms with Crippen LogP contribution in [0.4, 0.5) is 5.69 Å². The lowest BCUT2D eigenvalue weighted by Gasteiger charge is -2.41. The highest BCUT2D eigenvalue weighted by Gasteiger charge is 2.79. The number of likely N-dealkylation sites (tertiary alicyclic amines) is 1. The fourth-order valence-electron chi connectivity index (χ4n) is 8.39. The summed E-state index contributed by atoms with van der Waals surface area (Å²) in [5.41, 5.74) is -1.40. The number of carbonyl (C=O) groups is 3. The number of anilines is 1. The first kappa shape index (κ1) is 35.7. The van der Waals surface area contributed by atoms with Gasteiger partial charge in [0, 0.05) is 24.8 Å². The molecule has 9 heteroatoms. The van der Waals surface area contributed by atoms with Crippen LogP contribution in [0.1, 0.15) is 80.1 Å². The first-order chi connectivity index (χ1) is 22.0. The number of fused-ring (bicyclic) bond motifs is 1. The second-order valence-corrected chi connectivity index (χ2v) is 13.6. The van der Waals surface area contributed by atoms with Crippen molar-refractivity contribution >= 4 is 23.4 Å². The maximum Gasteiger partial charge on any atom is 0.248 e. The number of carbonyl (C=O) groups excluding carboxylic acids is 3. The van der Waals surface area contributed by atoms with E-state index in [0.29, 0.717) is 50.3 Å². The number of amides is 3. The van der Waals surface area contributed by atoms with Crippen molar-refractivity contribution in [2.75, 3.05) is 31.2 Å². The Morgan fingerprint density at radius 1 is 1.09 bits per heavy atom. The van der Waals surface area contributed by atoms with E-state index in [1.165, 1.54) is 0 Å². The summed E-state index contributed by atoms with van der Waals surface area (Å²) in [5, 5.41) is 10.7. The van der Waals surface area contributed by atoms with Gasteiger partial charge in [-0.3, -0.25) is 14.4 Å². The highest BCUT2D eigenvalue weighted by molar-refractivity contribution is 6.03. The molecular formula is C37H55N3O6. The third-order valence-electron chi connectivity index (χ3n) is 10.4. The standard InChI is InChI=1S/C37H55N3O6/c1-9-14-26(8)38(21-10-2)35(44)32-37-20-19-36(12-4,46-37)30(31(37)34(43)40(32)28(24-41)23-25(6)7)33(42)39(22-11-3)27-15-17-29(18-16-27)45-13-5/h10-11,15-18,25-26,28,30-32,41H,2-3,9,12-14,19-24H2,1,4-8H3/t26?,28-,30+,31+,32?,36-,37?/m1/s1. The van der Waals surface area contributed by atoms with Crippen LogP contribution in [0.2, 0.25) is 0 Å². The lowest BCUT2D eigenvalue weighted by molar-refractivity contribution is -0.157. The number of aliphatic hydroxyl groups is 1. The van der Waals surface area contributed by atoms with Crippen molar-refractivity contribution in [3.05, 3.63) is 49.6 Å². The Labute approximate surface area is 275 Å². The van der Waals surface area contributed by atoms with Crippen molar-refractivity contribution in [2.45, 2.75) is 109 Å². The molecule has 2 bridgehead atoms. The van der Waals surface area contributed by atoms with Crippen LogP contribution < -0.4 is 9.64 Å². The molecule has 254 valence electrons. The van der Waals surface area contributed by atoms with E-state index in [4.69, 9.17) is 9.47 Å². The predicted molar refractivity (Wildman–Crippen MR) is 180 cm³/mol. The highest BCUT2D eigenvalue weighted by Crippen LogP contribution is 2.65. The van der Waals surface area contributed by atoms with Crippen molar-refractivity contribution in [1.82, 2.24) is 9.80 Å². The van der Waals surface area contributed by atoms with Crippen molar-refractivity contribution in [1.29, 1.82) is 0 Å². The van der Waals surface area contributed by atoms with Gasteiger partial charge in [0.15, 0.2) is 0 Å². The summed E-state index contributed by atoms with van der Waals surface area (Å²) in [6, 6.07) is 5.73. The predicted octanol–water partition coefficient (Wildman–Crippen LogP) is 5.37. The molecule has 3 unspecified atom stereocenters. The number of hydrogen-bond donors (Lipinski definition) is 1. The SMILES string of the molecule is C=CCN(C(=O)[C@@H]1[C@H]2C(=O)N([C@@H](CO)CC(C)C)C(C(=O)N(CC=C)C(C)CCC)C23CC[C@@]1(CC)O3)c1ccc(OCC)cc1. The number of benzene rings is 1. The molecule has 1 aromatic carbocycles. The summed E-state index contributed by atoms with van der Waals surface area (Å²) >= 11 is 0. The topological polar surface area (TPSA) is 99.6 Å². The smallest absolute Gasteiger partial charge is 0.248 e. The van der Waals surface area contributed by atoms with E-state index in [2.05, 4.69) is 20.1 Å². The Morgan fingerprint density at radius 2 is 1.76 bits per heavy atom. The summed E-state index contributed by atoms with van der Waals surface area (Å²) < 4.78 is 12.7. The molecule has 46 heavy (non-hydrogen) atoms. The molecule has 9 nitrogen and oxygen atoms in total. The maximum absolute atomic E-state index is 14.9. The maximum atomic E-state index is 14.9. The fraction of sp³-hybridized carbons (Fsp3) is 0.649. The third kappa shape index (κ3) is 6.13. The van der Waals surface area contributed by atoms with Crippen molar-refractivity contribution in [3.63, 3.8) is 0 Å². The second-order valence-electron chi connectivity index (χ2n) is 13.6. The molecule has 0 radical (unpaired) electrons. The average molecular weight is 638 g/mol. The number of hydrogen-bond acceptors (Lipinski definition) is 6. The second kappa shape index (κ2) is 14.7. The molecule has 7 atom stereocenters. The quantitative estimate of drug-likeness (QED) is 0.231. The molecule has 3 saturated heterocycles. The molecule has 4 rings (SSSR count). The van der Waals surface area contributed by atoms with Gasteiger partial charge in [0.25, 0.3) is 0 Å². The minimum Gasteiger partial charge on any atom is -0.494 e. The Hall–Kier alpha value is -3.17. The molecule has 3 heterocycles. The number of nitrogens with zero attached hydrogens (tertiary/aromatic N) is 3. The molecule has 3 aliphatic rings. The van der Waals surface area contributed by atoms with Crippen LogP contribution in [-0.4, -0.2) is 88.3 Å². The van der Waals surface area contributed by atoms with E-state index in [-0.39, 0.29) is 42.8 Å². The minimum atomic E-state index is -1.18. The molecule has 0 saturated carbocycles. The third-order valence-corrected chi connectivity index (χ3v) is 10.4. The lowest BCUT2D eigenvalue weighted by Crippen LogP contribution is -2.60. The van der Waals surface area contributed by atoms with Crippen molar-refractivity contribution in [3.8, 4) is 5.75 Å². The Kier molecular flexibility index (Phi) is 11.4. The van der Waals surface area contributed by atoms with Crippen LogP contribution in [-0.2, 0) is 19.1 Å². The first-order valence-electron chi connectivity index (χ1n) is 17.2. The number of aliphatic hydroxyl groups excluding tert-OH is 1. The zero-order valence-corrected chi connectivity index (χ0v) is 28.7. The molecule has 0 aliphatic carbocycles. The minimum absolute atomic E-state index is 0.0838. The molecule has 0 aromatic heterocycles. The normalized spacial score (nSPS) is 27.8.